The number of alkyl halides is 1. The summed E-state index contributed by atoms with van der Waals surface area (Å²) in [6.45, 7) is 7.39. The Morgan fingerprint density at radius 2 is 2.03 bits per heavy atom. The molecule has 1 heterocycles. The van der Waals surface area contributed by atoms with Crippen LogP contribution in [0.2, 0.25) is 0 Å². The van der Waals surface area contributed by atoms with Crippen LogP contribution in [0.4, 0.5) is 0 Å². The highest BCUT2D eigenvalue weighted by molar-refractivity contribution is 6.18. The summed E-state index contributed by atoms with van der Waals surface area (Å²) in [6, 6.07) is 0. The molecule has 0 amide bonds. The number of aliphatic hydroxyl groups excluding tert-OH is 2. The average Bonchev–Trinajstić information content (AvgIpc) is 3.35. The van der Waals surface area contributed by atoms with Gasteiger partial charge in [0, 0.05) is 13.2 Å². The van der Waals surface area contributed by atoms with E-state index in [4.69, 9.17) is 25.8 Å². The summed E-state index contributed by atoms with van der Waals surface area (Å²) < 4.78 is 17.3. The quantitative estimate of drug-likeness (QED) is 0.163. The van der Waals surface area contributed by atoms with Gasteiger partial charge in [0.2, 0.25) is 0 Å². The number of ether oxygens (including phenoxy) is 3. The topological polar surface area (TPSA) is 109 Å². The molecule has 1 saturated heterocycles. The number of aliphatic hydroxyl groups is 3. The van der Waals surface area contributed by atoms with Crippen molar-refractivity contribution in [2.75, 3.05) is 13.0 Å². The monoisotopic (exact) mass is 446 g/mol. The van der Waals surface area contributed by atoms with E-state index in [1.54, 1.807) is 0 Å². The Kier molecular flexibility index (Phi) is 8.52. The molecule has 30 heavy (non-hydrogen) atoms. The molecule has 172 valence electrons. The number of esters is 1. The maximum Gasteiger partial charge on any atom is 0.330 e. The van der Waals surface area contributed by atoms with Crippen molar-refractivity contribution in [1.82, 2.24) is 0 Å². The van der Waals surface area contributed by atoms with Crippen molar-refractivity contribution in [1.29, 1.82) is 0 Å². The van der Waals surface area contributed by atoms with E-state index >= 15 is 0 Å². The minimum Gasteiger partial charge on any atom is -0.456 e. The number of hydrogen-bond donors (Lipinski definition) is 3. The maximum absolute atomic E-state index is 12.3. The van der Waals surface area contributed by atoms with Crippen molar-refractivity contribution in [2.24, 2.45) is 5.92 Å². The number of methoxy groups -OCH3 is 1. The lowest BCUT2D eigenvalue weighted by molar-refractivity contribution is -0.189. The zero-order valence-corrected chi connectivity index (χ0v) is 19.1. The zero-order chi connectivity index (χ0) is 22.7. The Morgan fingerprint density at radius 3 is 2.57 bits per heavy atom. The van der Waals surface area contributed by atoms with Crippen LogP contribution >= 0.6 is 11.6 Å². The Bertz CT molecular complexity index is 660. The molecule has 1 aliphatic heterocycles. The third-order valence-corrected chi connectivity index (χ3v) is 6.63. The van der Waals surface area contributed by atoms with E-state index < -0.39 is 47.5 Å². The number of epoxide rings is 1. The first-order valence-electron chi connectivity index (χ1n) is 10.4. The van der Waals surface area contributed by atoms with Crippen molar-refractivity contribution < 1.29 is 34.3 Å². The average molecular weight is 447 g/mol. The SMILES string of the molecule is CO[C@H]1[C@@H](OC(=O)/C=C/[C@@H](O)[C@H](C)O)CC[C@@](O)(CCl)[C@@H]1[C@@]1(C)O[C@H]1CC=C(C)C. The molecular formula is C22H35ClO7. The first kappa shape index (κ1) is 25.3. The summed E-state index contributed by atoms with van der Waals surface area (Å²) in [4.78, 5) is 12.3. The molecule has 1 aliphatic carbocycles. The number of hydrogen-bond acceptors (Lipinski definition) is 7. The third kappa shape index (κ3) is 5.64. The molecule has 7 nitrogen and oxygen atoms in total. The second-order valence-corrected chi connectivity index (χ2v) is 9.09. The van der Waals surface area contributed by atoms with E-state index in [9.17, 15) is 20.1 Å². The standard InChI is InChI=1S/C22H35ClO7/c1-13(2)6-8-17-21(4,30-17)20-19(28-5)16(10-11-22(20,27)12-23)29-18(26)9-7-15(25)14(3)24/h6-7,9,14-17,19-20,24-25,27H,8,10-12H2,1-5H3/b9-7+/t14-,15+,16-,17-,19-,20-,21-,22+/m0/s1. The van der Waals surface area contributed by atoms with E-state index in [1.807, 2.05) is 20.8 Å². The van der Waals surface area contributed by atoms with Gasteiger partial charge in [-0.15, -0.1) is 11.6 Å². The molecule has 0 bridgehead atoms. The summed E-state index contributed by atoms with van der Waals surface area (Å²) in [5, 5.41) is 30.2. The van der Waals surface area contributed by atoms with Gasteiger partial charge in [0.25, 0.3) is 0 Å². The molecule has 8 heteroatoms. The van der Waals surface area contributed by atoms with Gasteiger partial charge in [-0.3, -0.25) is 0 Å². The van der Waals surface area contributed by atoms with Gasteiger partial charge >= 0.3 is 5.97 Å². The molecule has 0 unspecified atom stereocenters. The van der Waals surface area contributed by atoms with Gasteiger partial charge in [-0.05, 0) is 53.0 Å². The first-order chi connectivity index (χ1) is 14.0. The minimum atomic E-state index is -1.21. The largest absolute Gasteiger partial charge is 0.456 e. The molecule has 0 aromatic rings. The fraction of sp³-hybridized carbons (Fsp3) is 0.773. The van der Waals surface area contributed by atoms with Gasteiger partial charge in [0.05, 0.1) is 35.7 Å². The molecule has 3 N–H and O–H groups in total. The molecule has 0 spiro atoms. The number of carbonyl (C=O) groups is 1. The predicted octanol–water partition coefficient (Wildman–Crippen LogP) is 2.10. The normalized spacial score (nSPS) is 38.2. The Hall–Kier alpha value is -0.960. The predicted molar refractivity (Wildman–Crippen MR) is 113 cm³/mol. The lowest BCUT2D eigenvalue weighted by Crippen LogP contribution is -2.61. The molecular weight excluding hydrogens is 412 g/mol. The van der Waals surface area contributed by atoms with Crippen LogP contribution in [-0.2, 0) is 19.0 Å². The van der Waals surface area contributed by atoms with Crippen molar-refractivity contribution in [3.05, 3.63) is 23.8 Å². The smallest absolute Gasteiger partial charge is 0.330 e. The van der Waals surface area contributed by atoms with Crippen LogP contribution in [0.1, 0.15) is 47.0 Å². The van der Waals surface area contributed by atoms with Gasteiger partial charge in [-0.25, -0.2) is 4.79 Å². The highest BCUT2D eigenvalue weighted by Crippen LogP contribution is 2.54. The van der Waals surface area contributed by atoms with Crippen molar-refractivity contribution in [3.8, 4) is 0 Å². The summed E-state index contributed by atoms with van der Waals surface area (Å²) >= 11 is 6.17. The van der Waals surface area contributed by atoms with Gasteiger partial charge in [-0.1, -0.05) is 11.6 Å². The van der Waals surface area contributed by atoms with Gasteiger partial charge in [-0.2, -0.15) is 0 Å². The van der Waals surface area contributed by atoms with Gasteiger partial charge in [0.1, 0.15) is 17.8 Å². The molecule has 0 radical (unpaired) electrons. The second kappa shape index (κ2) is 10.1. The van der Waals surface area contributed by atoms with Gasteiger partial charge in [0.15, 0.2) is 0 Å². The third-order valence-electron chi connectivity index (χ3n) is 6.17. The number of halogens is 1. The maximum atomic E-state index is 12.3. The van der Waals surface area contributed by atoms with E-state index in [-0.39, 0.29) is 12.0 Å². The second-order valence-electron chi connectivity index (χ2n) is 8.83. The van der Waals surface area contributed by atoms with Crippen LogP contribution in [0.25, 0.3) is 0 Å². The Labute approximate surface area is 183 Å². The Balaban J connectivity index is 2.18. The lowest BCUT2D eigenvalue weighted by Gasteiger charge is -2.48. The van der Waals surface area contributed by atoms with E-state index in [1.165, 1.54) is 25.7 Å². The lowest BCUT2D eigenvalue weighted by atomic mass is 9.66. The first-order valence-corrected chi connectivity index (χ1v) is 10.9. The van der Waals surface area contributed by atoms with Crippen LogP contribution in [0.5, 0.6) is 0 Å². The molecule has 1 saturated carbocycles. The molecule has 0 aromatic carbocycles. The van der Waals surface area contributed by atoms with Crippen LogP contribution < -0.4 is 0 Å². The molecule has 0 aromatic heterocycles. The summed E-state index contributed by atoms with van der Waals surface area (Å²) in [6.07, 6.45) is 2.36. The van der Waals surface area contributed by atoms with E-state index in [0.717, 1.165) is 6.08 Å². The van der Waals surface area contributed by atoms with Gasteiger partial charge < -0.3 is 29.5 Å². The van der Waals surface area contributed by atoms with Crippen LogP contribution in [0.3, 0.4) is 0 Å². The highest BCUT2D eigenvalue weighted by atomic mass is 35.5. The molecule has 2 fully saturated rings. The van der Waals surface area contributed by atoms with Crippen molar-refractivity contribution >= 4 is 17.6 Å². The Morgan fingerprint density at radius 1 is 1.37 bits per heavy atom. The fourth-order valence-corrected chi connectivity index (χ4v) is 4.65. The zero-order valence-electron chi connectivity index (χ0n) is 18.4. The summed E-state index contributed by atoms with van der Waals surface area (Å²) in [5.41, 5.74) is -0.678. The number of rotatable bonds is 9. The molecule has 8 atom stereocenters. The summed E-state index contributed by atoms with van der Waals surface area (Å²) in [7, 11) is 1.52. The number of allylic oxidation sites excluding steroid dienone is 1. The fourth-order valence-electron chi connectivity index (χ4n) is 4.35. The van der Waals surface area contributed by atoms with E-state index in [0.29, 0.717) is 19.3 Å². The minimum absolute atomic E-state index is 0.0208. The van der Waals surface area contributed by atoms with Crippen molar-refractivity contribution in [2.45, 2.75) is 88.7 Å². The number of carbonyl (C=O) groups excluding carboxylic acids is 1. The van der Waals surface area contributed by atoms with Crippen LogP contribution in [0, 0.1) is 5.92 Å². The van der Waals surface area contributed by atoms with E-state index in [2.05, 4.69) is 6.08 Å². The molecule has 2 aliphatic rings. The van der Waals surface area contributed by atoms with Crippen LogP contribution in [-0.4, -0.2) is 76.0 Å². The summed E-state index contributed by atoms with van der Waals surface area (Å²) in [5.74, 6) is -1.12. The highest BCUT2D eigenvalue weighted by Gasteiger charge is 2.67. The van der Waals surface area contributed by atoms with Crippen molar-refractivity contribution in [3.63, 3.8) is 0 Å². The molecule has 2 rings (SSSR count). The van der Waals surface area contributed by atoms with Crippen LogP contribution in [0.15, 0.2) is 23.8 Å².